The topological polar surface area (TPSA) is 95.9 Å². The molecule has 1 fully saturated rings. The van der Waals surface area contributed by atoms with Crippen LogP contribution in [-0.4, -0.2) is 47.2 Å². The number of aliphatic carboxylic acids is 1. The summed E-state index contributed by atoms with van der Waals surface area (Å²) >= 11 is 0. The molecule has 0 spiro atoms. The number of para-hydroxylation sites is 1. The molecule has 2 N–H and O–H groups in total. The second-order valence-corrected chi connectivity index (χ2v) is 8.67. The van der Waals surface area contributed by atoms with Crippen molar-refractivity contribution in [1.82, 2.24) is 4.90 Å². The molecule has 178 valence electrons. The van der Waals surface area contributed by atoms with E-state index in [0.717, 1.165) is 28.3 Å². The van der Waals surface area contributed by atoms with Gasteiger partial charge in [-0.3, -0.25) is 14.9 Å². The van der Waals surface area contributed by atoms with E-state index in [1.165, 1.54) is 17.0 Å². The van der Waals surface area contributed by atoms with Crippen LogP contribution in [0, 0.1) is 5.82 Å². The summed E-state index contributed by atoms with van der Waals surface area (Å²) in [4.78, 5) is 38.2. The lowest BCUT2D eigenvalue weighted by Gasteiger charge is -2.22. The second kappa shape index (κ2) is 9.21. The van der Waals surface area contributed by atoms with Crippen molar-refractivity contribution in [3.8, 4) is 11.1 Å². The third kappa shape index (κ3) is 4.47. The quantitative estimate of drug-likeness (QED) is 0.509. The number of nitrogens with one attached hydrogen (secondary N) is 1. The van der Waals surface area contributed by atoms with Crippen molar-refractivity contribution in [2.45, 2.75) is 24.8 Å². The van der Waals surface area contributed by atoms with Gasteiger partial charge in [0.05, 0.1) is 11.3 Å². The Hall–Kier alpha value is -4.20. The van der Waals surface area contributed by atoms with Crippen molar-refractivity contribution in [1.29, 1.82) is 0 Å². The first kappa shape index (κ1) is 22.6. The molecule has 35 heavy (non-hydrogen) atoms. The maximum absolute atomic E-state index is 14.7. The van der Waals surface area contributed by atoms with Crippen molar-refractivity contribution in [3.05, 3.63) is 89.2 Å². The smallest absolute Gasteiger partial charge is 0.411 e. The minimum Gasteiger partial charge on any atom is -0.480 e. The number of rotatable bonds is 7. The molecule has 2 aliphatic carbocycles. The van der Waals surface area contributed by atoms with Crippen LogP contribution < -0.4 is 5.32 Å². The van der Waals surface area contributed by atoms with E-state index in [1.807, 2.05) is 48.5 Å². The first-order valence-electron chi connectivity index (χ1n) is 11.4. The number of carboxylic acid groups (broad SMARTS) is 1. The number of fused-ring (bicyclic) bond motifs is 3. The Balaban J connectivity index is 1.33. The zero-order valence-corrected chi connectivity index (χ0v) is 18.7. The molecule has 2 aliphatic rings. The molecule has 0 radical (unpaired) electrons. The molecule has 7 nitrogen and oxygen atoms in total. The first-order valence-corrected chi connectivity index (χ1v) is 11.4. The minimum atomic E-state index is -1.16. The van der Waals surface area contributed by atoms with Crippen molar-refractivity contribution in [3.63, 3.8) is 0 Å². The van der Waals surface area contributed by atoms with Crippen LogP contribution in [0.25, 0.3) is 11.1 Å². The van der Waals surface area contributed by atoms with Crippen molar-refractivity contribution < 1.29 is 28.6 Å². The number of hydrogen-bond donors (Lipinski definition) is 2. The van der Waals surface area contributed by atoms with Gasteiger partial charge in [0.2, 0.25) is 0 Å². The van der Waals surface area contributed by atoms with E-state index < -0.39 is 30.3 Å². The number of ether oxygens (including phenoxy) is 1. The van der Waals surface area contributed by atoms with Gasteiger partial charge in [-0.1, -0.05) is 54.6 Å². The van der Waals surface area contributed by atoms with Gasteiger partial charge in [0.15, 0.2) is 0 Å². The van der Waals surface area contributed by atoms with E-state index in [9.17, 15) is 23.9 Å². The van der Waals surface area contributed by atoms with Gasteiger partial charge in [-0.25, -0.2) is 9.18 Å². The molecule has 2 amide bonds. The number of benzene rings is 3. The minimum absolute atomic E-state index is 0.0325. The van der Waals surface area contributed by atoms with Crippen LogP contribution >= 0.6 is 0 Å². The highest BCUT2D eigenvalue weighted by molar-refractivity contribution is 6.04. The summed E-state index contributed by atoms with van der Waals surface area (Å²) < 4.78 is 20.2. The van der Waals surface area contributed by atoms with Gasteiger partial charge >= 0.3 is 12.1 Å². The Kier molecular flexibility index (Phi) is 5.94. The molecule has 5 rings (SSSR count). The monoisotopic (exact) mass is 474 g/mol. The summed E-state index contributed by atoms with van der Waals surface area (Å²) in [6.45, 7) is -0.463. The average Bonchev–Trinajstić information content (AvgIpc) is 3.64. The summed E-state index contributed by atoms with van der Waals surface area (Å²) in [7, 11) is 0. The third-order valence-electron chi connectivity index (χ3n) is 6.37. The third-order valence-corrected chi connectivity index (χ3v) is 6.37. The van der Waals surface area contributed by atoms with Gasteiger partial charge in [0, 0.05) is 12.0 Å². The largest absolute Gasteiger partial charge is 0.480 e. The molecule has 3 aromatic rings. The molecule has 0 saturated heterocycles. The summed E-state index contributed by atoms with van der Waals surface area (Å²) in [6.07, 6.45) is 0.467. The van der Waals surface area contributed by atoms with Gasteiger partial charge < -0.3 is 14.7 Å². The van der Waals surface area contributed by atoms with Crippen molar-refractivity contribution >= 4 is 23.7 Å². The second-order valence-electron chi connectivity index (χ2n) is 8.67. The number of hydrogen-bond acceptors (Lipinski definition) is 4. The number of nitrogens with zero attached hydrogens (tertiary/aromatic N) is 1. The van der Waals surface area contributed by atoms with Gasteiger partial charge in [0.1, 0.15) is 19.0 Å². The molecule has 3 aromatic carbocycles. The molecule has 0 heterocycles. The molecule has 0 atom stereocenters. The Morgan fingerprint density at radius 3 is 2.17 bits per heavy atom. The van der Waals surface area contributed by atoms with Crippen molar-refractivity contribution in [2.24, 2.45) is 0 Å². The summed E-state index contributed by atoms with van der Waals surface area (Å²) in [5, 5.41) is 11.5. The van der Waals surface area contributed by atoms with Gasteiger partial charge in [-0.2, -0.15) is 0 Å². The summed E-state index contributed by atoms with van der Waals surface area (Å²) in [5.41, 5.74) is 3.79. The molecule has 0 aromatic heterocycles. The van der Waals surface area contributed by atoms with Crippen LogP contribution in [0.3, 0.4) is 0 Å². The zero-order chi connectivity index (χ0) is 24.5. The van der Waals surface area contributed by atoms with E-state index in [4.69, 9.17) is 4.74 Å². The van der Waals surface area contributed by atoms with Crippen LogP contribution in [0.1, 0.15) is 40.2 Å². The lowest BCUT2D eigenvalue weighted by atomic mass is 9.98. The number of amides is 2. The van der Waals surface area contributed by atoms with E-state index in [0.29, 0.717) is 12.8 Å². The number of carboxylic acids is 1. The fraction of sp³-hybridized carbons (Fsp3) is 0.222. The van der Waals surface area contributed by atoms with E-state index in [2.05, 4.69) is 5.32 Å². The molecule has 1 saturated carbocycles. The normalized spacial score (nSPS) is 14.1. The number of anilines is 1. The molecule has 0 bridgehead atoms. The van der Waals surface area contributed by atoms with Gasteiger partial charge in [-0.05, 0) is 47.2 Å². The van der Waals surface area contributed by atoms with Crippen LogP contribution in [0.15, 0.2) is 66.7 Å². The predicted molar refractivity (Wildman–Crippen MR) is 127 cm³/mol. The summed E-state index contributed by atoms with van der Waals surface area (Å²) in [5.74, 6) is -2.79. The molecule has 0 aliphatic heterocycles. The van der Waals surface area contributed by atoms with Crippen LogP contribution in [-0.2, 0) is 9.53 Å². The predicted octanol–water partition coefficient (Wildman–Crippen LogP) is 4.88. The lowest BCUT2D eigenvalue weighted by molar-refractivity contribution is -0.137. The molecular weight excluding hydrogens is 451 g/mol. The zero-order valence-electron chi connectivity index (χ0n) is 18.7. The maximum Gasteiger partial charge on any atom is 0.411 e. The van der Waals surface area contributed by atoms with E-state index in [-0.39, 0.29) is 29.8 Å². The first-order chi connectivity index (χ1) is 16.9. The number of halogens is 1. The fourth-order valence-corrected chi connectivity index (χ4v) is 4.62. The number of carbonyl (C=O) groups is 3. The highest BCUT2D eigenvalue weighted by Gasteiger charge is 2.36. The fourth-order valence-electron chi connectivity index (χ4n) is 4.62. The Morgan fingerprint density at radius 1 is 0.943 bits per heavy atom. The van der Waals surface area contributed by atoms with Crippen LogP contribution in [0.2, 0.25) is 0 Å². The van der Waals surface area contributed by atoms with Crippen LogP contribution in [0.5, 0.6) is 0 Å². The number of carbonyl (C=O) groups excluding carboxylic acids is 2. The molecule has 0 unspecified atom stereocenters. The lowest BCUT2D eigenvalue weighted by Crippen LogP contribution is -2.38. The average molecular weight is 474 g/mol. The maximum atomic E-state index is 14.7. The SMILES string of the molecule is O=C(O)CN(C(=O)c1cccc(F)c1NC(=O)OCC1c2ccccc2-c2ccccc21)C1CC1. The van der Waals surface area contributed by atoms with E-state index in [1.54, 1.807) is 0 Å². The van der Waals surface area contributed by atoms with Gasteiger partial charge in [0.25, 0.3) is 5.91 Å². The van der Waals surface area contributed by atoms with Crippen molar-refractivity contribution in [2.75, 3.05) is 18.5 Å². The van der Waals surface area contributed by atoms with Gasteiger partial charge in [-0.15, -0.1) is 0 Å². The van der Waals surface area contributed by atoms with E-state index >= 15 is 0 Å². The molecule has 8 heteroatoms. The molecular formula is C27H23FN2O5. The highest BCUT2D eigenvalue weighted by Crippen LogP contribution is 2.44. The Labute approximate surface area is 201 Å². The summed E-state index contributed by atoms with van der Waals surface area (Å²) in [6, 6.07) is 19.4. The standard InChI is InChI=1S/C27H23FN2O5/c28-23-11-5-10-21(26(33)30(14-24(31)32)16-12-13-16)25(23)29-27(34)35-15-22-19-8-3-1-6-17(19)18-7-2-4-9-20(18)22/h1-11,16,22H,12-15H2,(H,29,34)(H,31,32). The Bertz CT molecular complexity index is 1270. The highest BCUT2D eigenvalue weighted by atomic mass is 19.1. The van der Waals surface area contributed by atoms with Crippen LogP contribution in [0.4, 0.5) is 14.9 Å². The Morgan fingerprint density at radius 2 is 1.57 bits per heavy atom.